The van der Waals surface area contributed by atoms with Crippen LogP contribution in [-0.2, 0) is 11.3 Å². The molecule has 0 spiro atoms. The van der Waals surface area contributed by atoms with E-state index in [-0.39, 0.29) is 5.91 Å². The van der Waals surface area contributed by atoms with Crippen LogP contribution in [0.15, 0.2) is 11.4 Å². The number of thiophene rings is 1. The predicted octanol–water partition coefficient (Wildman–Crippen LogP) is 2.39. The van der Waals surface area contributed by atoms with Crippen LogP contribution < -0.4 is 5.73 Å². The topological polar surface area (TPSA) is 46.3 Å². The number of rotatable bonds is 6. The van der Waals surface area contributed by atoms with Gasteiger partial charge < -0.3 is 10.6 Å². The van der Waals surface area contributed by atoms with E-state index in [0.717, 1.165) is 13.0 Å². The second kappa shape index (κ2) is 6.77. The van der Waals surface area contributed by atoms with E-state index in [4.69, 9.17) is 5.73 Å². The van der Waals surface area contributed by atoms with Crippen molar-refractivity contribution in [3.05, 3.63) is 21.9 Å². The van der Waals surface area contributed by atoms with E-state index in [2.05, 4.69) is 25.3 Å². The Morgan fingerprint density at radius 2 is 2.29 bits per heavy atom. The number of hydrogen-bond donors (Lipinski definition) is 1. The smallest absolute Gasteiger partial charge is 0.222 e. The lowest BCUT2D eigenvalue weighted by Crippen LogP contribution is -2.26. The molecule has 0 bridgehead atoms. The Labute approximate surface area is 108 Å². The van der Waals surface area contributed by atoms with E-state index < -0.39 is 0 Å². The monoisotopic (exact) mass is 254 g/mol. The Balaban J connectivity index is 2.40. The van der Waals surface area contributed by atoms with Crippen LogP contribution in [0, 0.1) is 12.8 Å². The molecular formula is C13H22N2OS. The zero-order valence-electron chi connectivity index (χ0n) is 10.9. The van der Waals surface area contributed by atoms with Crippen LogP contribution in [0.2, 0.25) is 0 Å². The largest absolute Gasteiger partial charge is 0.341 e. The number of nitrogens with two attached hydrogens (primary N) is 1. The number of aryl methyl sites for hydroxylation is 1. The molecule has 0 radical (unpaired) electrons. The molecular weight excluding hydrogens is 232 g/mol. The summed E-state index contributed by atoms with van der Waals surface area (Å²) in [4.78, 5) is 15.0. The molecule has 0 aliphatic carbocycles. The molecule has 0 fully saturated rings. The summed E-state index contributed by atoms with van der Waals surface area (Å²) in [7, 11) is 1.87. The maximum Gasteiger partial charge on any atom is 0.222 e. The van der Waals surface area contributed by atoms with Gasteiger partial charge in [0.05, 0.1) is 6.54 Å². The van der Waals surface area contributed by atoms with Crippen molar-refractivity contribution < 1.29 is 4.79 Å². The molecule has 1 aromatic heterocycles. The minimum Gasteiger partial charge on any atom is -0.341 e. The molecule has 0 saturated carbocycles. The average molecular weight is 254 g/mol. The van der Waals surface area contributed by atoms with Crippen LogP contribution in [-0.4, -0.2) is 24.4 Å². The first-order valence-corrected chi connectivity index (χ1v) is 6.89. The van der Waals surface area contributed by atoms with Crippen molar-refractivity contribution in [3.8, 4) is 0 Å². The Kier molecular flexibility index (Phi) is 5.65. The quantitative estimate of drug-likeness (QED) is 0.847. The molecule has 0 aromatic carbocycles. The number of carbonyl (C=O) groups excluding carboxylic acids is 1. The van der Waals surface area contributed by atoms with Crippen LogP contribution in [0.1, 0.15) is 30.2 Å². The van der Waals surface area contributed by atoms with Crippen LogP contribution in [0.4, 0.5) is 0 Å². The molecule has 1 rings (SSSR count). The van der Waals surface area contributed by atoms with Gasteiger partial charge in [-0.3, -0.25) is 4.79 Å². The second-order valence-electron chi connectivity index (χ2n) is 4.66. The summed E-state index contributed by atoms with van der Waals surface area (Å²) < 4.78 is 0. The third-order valence-corrected chi connectivity index (χ3v) is 4.04. The van der Waals surface area contributed by atoms with Crippen LogP contribution in [0.5, 0.6) is 0 Å². The zero-order chi connectivity index (χ0) is 12.8. The van der Waals surface area contributed by atoms with E-state index in [1.54, 1.807) is 11.3 Å². The number of hydrogen-bond acceptors (Lipinski definition) is 3. The Morgan fingerprint density at radius 3 is 2.82 bits per heavy atom. The number of carbonyl (C=O) groups is 1. The van der Waals surface area contributed by atoms with Crippen LogP contribution >= 0.6 is 11.3 Å². The number of amides is 1. The third-order valence-electron chi connectivity index (χ3n) is 3.03. The van der Waals surface area contributed by atoms with E-state index in [9.17, 15) is 4.79 Å². The summed E-state index contributed by atoms with van der Waals surface area (Å²) in [6.45, 7) is 5.54. The van der Waals surface area contributed by atoms with E-state index in [1.165, 1.54) is 10.4 Å². The highest BCUT2D eigenvalue weighted by atomic mass is 32.1. The molecule has 0 aliphatic rings. The lowest BCUT2D eigenvalue weighted by molar-refractivity contribution is -0.130. The van der Waals surface area contributed by atoms with Gasteiger partial charge in [-0.2, -0.15) is 0 Å². The first-order valence-electron chi connectivity index (χ1n) is 6.01. The zero-order valence-corrected chi connectivity index (χ0v) is 11.7. The molecule has 17 heavy (non-hydrogen) atoms. The Morgan fingerprint density at radius 1 is 1.59 bits per heavy atom. The fourth-order valence-corrected chi connectivity index (χ4v) is 2.51. The highest BCUT2D eigenvalue weighted by Crippen LogP contribution is 2.18. The van der Waals surface area contributed by atoms with Gasteiger partial charge in [0.15, 0.2) is 0 Å². The summed E-state index contributed by atoms with van der Waals surface area (Å²) in [5.74, 6) is 0.633. The highest BCUT2D eigenvalue weighted by Gasteiger charge is 2.12. The minimum atomic E-state index is 0.207. The van der Waals surface area contributed by atoms with Gasteiger partial charge in [-0.15, -0.1) is 11.3 Å². The van der Waals surface area contributed by atoms with Gasteiger partial charge >= 0.3 is 0 Å². The van der Waals surface area contributed by atoms with Gasteiger partial charge in [0.25, 0.3) is 0 Å². The first kappa shape index (κ1) is 14.2. The van der Waals surface area contributed by atoms with Crippen molar-refractivity contribution in [1.29, 1.82) is 0 Å². The van der Waals surface area contributed by atoms with Gasteiger partial charge in [-0.25, -0.2) is 0 Å². The Bertz CT molecular complexity index is 362. The second-order valence-corrected chi connectivity index (χ2v) is 5.66. The van der Waals surface area contributed by atoms with Crippen molar-refractivity contribution in [3.63, 3.8) is 0 Å². The predicted molar refractivity (Wildman–Crippen MR) is 73.0 cm³/mol. The van der Waals surface area contributed by atoms with Crippen molar-refractivity contribution in [2.45, 2.75) is 33.2 Å². The molecule has 2 N–H and O–H groups in total. The molecule has 1 atom stereocenters. The lowest BCUT2D eigenvalue weighted by atomic mass is 10.1. The minimum absolute atomic E-state index is 0.207. The van der Waals surface area contributed by atoms with Gasteiger partial charge in [-0.1, -0.05) is 6.92 Å². The lowest BCUT2D eigenvalue weighted by Gasteiger charge is -2.18. The molecule has 0 saturated heterocycles. The molecule has 4 heteroatoms. The molecule has 1 unspecified atom stereocenters. The first-order chi connectivity index (χ1) is 8.04. The molecule has 96 valence electrons. The van der Waals surface area contributed by atoms with Gasteiger partial charge in [0.2, 0.25) is 5.91 Å². The molecule has 0 aliphatic heterocycles. The maximum absolute atomic E-state index is 11.9. The van der Waals surface area contributed by atoms with Crippen molar-refractivity contribution >= 4 is 17.2 Å². The van der Waals surface area contributed by atoms with E-state index in [1.807, 2.05) is 11.9 Å². The SMILES string of the molecule is Cc1ccsc1CN(C)C(=O)CCC(C)CN. The van der Waals surface area contributed by atoms with Gasteiger partial charge in [-0.05, 0) is 42.8 Å². The fraction of sp³-hybridized carbons (Fsp3) is 0.615. The van der Waals surface area contributed by atoms with Crippen molar-refractivity contribution in [2.24, 2.45) is 11.7 Å². The summed E-state index contributed by atoms with van der Waals surface area (Å²) in [6.07, 6.45) is 1.47. The molecule has 1 amide bonds. The maximum atomic E-state index is 11.9. The van der Waals surface area contributed by atoms with Gasteiger partial charge in [0.1, 0.15) is 0 Å². The molecule has 1 aromatic rings. The third kappa shape index (κ3) is 4.48. The number of nitrogens with zero attached hydrogens (tertiary/aromatic N) is 1. The Hall–Kier alpha value is -0.870. The summed E-state index contributed by atoms with van der Waals surface area (Å²) in [5, 5.41) is 2.07. The fourth-order valence-electron chi connectivity index (χ4n) is 1.55. The van der Waals surface area contributed by atoms with E-state index in [0.29, 0.717) is 18.9 Å². The summed E-state index contributed by atoms with van der Waals surface area (Å²) in [5.41, 5.74) is 6.81. The summed E-state index contributed by atoms with van der Waals surface area (Å²) in [6, 6.07) is 2.09. The van der Waals surface area contributed by atoms with Crippen LogP contribution in [0.3, 0.4) is 0 Å². The van der Waals surface area contributed by atoms with Crippen molar-refractivity contribution in [1.82, 2.24) is 4.90 Å². The molecule has 3 nitrogen and oxygen atoms in total. The normalized spacial score (nSPS) is 12.5. The highest BCUT2D eigenvalue weighted by molar-refractivity contribution is 7.10. The average Bonchev–Trinajstić information content (AvgIpc) is 2.71. The van der Waals surface area contributed by atoms with Crippen molar-refractivity contribution in [2.75, 3.05) is 13.6 Å². The standard InChI is InChI=1S/C13H22N2OS/c1-10(8-14)4-5-13(16)15(3)9-12-11(2)6-7-17-12/h6-7,10H,4-5,8-9,14H2,1-3H3. The molecule has 1 heterocycles. The summed E-state index contributed by atoms with van der Waals surface area (Å²) >= 11 is 1.71. The van der Waals surface area contributed by atoms with E-state index >= 15 is 0 Å². The van der Waals surface area contributed by atoms with Gasteiger partial charge in [0, 0.05) is 18.3 Å². The van der Waals surface area contributed by atoms with Crippen LogP contribution in [0.25, 0.3) is 0 Å².